The second-order valence-electron chi connectivity index (χ2n) is 6.51. The normalized spacial score (nSPS) is 25.8. The first-order valence-corrected chi connectivity index (χ1v) is 10.3. The summed E-state index contributed by atoms with van der Waals surface area (Å²) in [5, 5.41) is 0. The molecule has 0 bridgehead atoms. The third-order valence-corrected chi connectivity index (χ3v) is 5.20. The third-order valence-electron chi connectivity index (χ3n) is 4.05. The molecule has 0 amide bonds. The van der Waals surface area contributed by atoms with Gasteiger partial charge < -0.3 is 23.7 Å². The Bertz CT molecular complexity index is 738. The van der Waals surface area contributed by atoms with Crippen molar-refractivity contribution >= 4 is 29.7 Å². The second kappa shape index (κ2) is 11.7. The summed E-state index contributed by atoms with van der Waals surface area (Å²) in [4.78, 5) is 35.8. The highest BCUT2D eigenvalue weighted by Gasteiger charge is 2.51. The lowest BCUT2D eigenvalue weighted by Crippen LogP contribution is -2.61. The number of carbonyl (C=O) groups excluding carboxylic acids is 3. The number of benzene rings is 1. The molecule has 164 valence electrons. The molecule has 1 aromatic carbocycles. The van der Waals surface area contributed by atoms with Crippen molar-refractivity contribution in [2.45, 2.75) is 55.5 Å². The van der Waals surface area contributed by atoms with E-state index >= 15 is 0 Å². The van der Waals surface area contributed by atoms with Crippen LogP contribution >= 0.6 is 11.8 Å². The van der Waals surface area contributed by atoms with Gasteiger partial charge in [-0.2, -0.15) is 0 Å². The highest BCUT2D eigenvalue weighted by atomic mass is 32.2. The van der Waals surface area contributed by atoms with Crippen LogP contribution in [0.2, 0.25) is 0 Å². The van der Waals surface area contributed by atoms with Crippen molar-refractivity contribution in [2.24, 2.45) is 0 Å². The summed E-state index contributed by atoms with van der Waals surface area (Å²) < 4.78 is 28.0. The Morgan fingerprint density at radius 1 is 1.00 bits per heavy atom. The Hall–Kier alpha value is -2.36. The molecule has 0 aliphatic carbocycles. The zero-order chi connectivity index (χ0) is 22.1. The van der Waals surface area contributed by atoms with Crippen LogP contribution in [0.25, 0.3) is 0 Å². The monoisotopic (exact) mass is 438 g/mol. The van der Waals surface area contributed by atoms with Crippen LogP contribution in [0, 0.1) is 0 Å². The Morgan fingerprint density at radius 3 is 2.20 bits per heavy atom. The van der Waals surface area contributed by atoms with Gasteiger partial charge in [0.15, 0.2) is 12.2 Å². The molecule has 9 heteroatoms. The summed E-state index contributed by atoms with van der Waals surface area (Å²) in [7, 11) is 0. The molecule has 1 heterocycles. The van der Waals surface area contributed by atoms with E-state index in [1.165, 1.54) is 38.6 Å². The van der Waals surface area contributed by atoms with E-state index in [-0.39, 0.29) is 13.2 Å². The largest absolute Gasteiger partial charge is 0.463 e. The molecule has 0 aromatic heterocycles. The predicted octanol–water partition coefficient (Wildman–Crippen LogP) is 2.50. The first kappa shape index (κ1) is 23.9. The molecule has 1 aliphatic heterocycles. The molecule has 0 radical (unpaired) electrons. The van der Waals surface area contributed by atoms with Crippen molar-refractivity contribution in [3.8, 4) is 0 Å². The van der Waals surface area contributed by atoms with Gasteiger partial charge in [0.25, 0.3) is 0 Å². The second-order valence-corrected chi connectivity index (χ2v) is 7.68. The van der Waals surface area contributed by atoms with Crippen molar-refractivity contribution in [3.05, 3.63) is 43.0 Å². The molecular weight excluding hydrogens is 412 g/mol. The van der Waals surface area contributed by atoms with Crippen LogP contribution in [0.3, 0.4) is 0 Å². The standard InChI is InChI=1S/C21H26O8S/c1-5-11-25-19-18(27-14(3)23)17(12-26-13(2)22)29-21(20(19)28-15(4)24)30-16-9-7-6-8-10-16/h5-10,17-21H,1,11-12H2,2-4H3. The smallest absolute Gasteiger partial charge is 0.303 e. The van der Waals surface area contributed by atoms with Crippen LogP contribution in [0.5, 0.6) is 0 Å². The lowest BCUT2D eigenvalue weighted by Gasteiger charge is -2.44. The first-order valence-electron chi connectivity index (χ1n) is 9.39. The summed E-state index contributed by atoms with van der Waals surface area (Å²) in [6.07, 6.45) is -1.98. The maximum atomic E-state index is 11.8. The van der Waals surface area contributed by atoms with Crippen molar-refractivity contribution in [1.29, 1.82) is 0 Å². The van der Waals surface area contributed by atoms with Crippen LogP contribution in [0.1, 0.15) is 20.8 Å². The zero-order valence-corrected chi connectivity index (χ0v) is 18.0. The van der Waals surface area contributed by atoms with Crippen LogP contribution in [-0.2, 0) is 38.1 Å². The predicted molar refractivity (Wildman–Crippen MR) is 109 cm³/mol. The molecule has 8 nitrogen and oxygen atoms in total. The number of rotatable bonds is 9. The third kappa shape index (κ3) is 7.16. The minimum Gasteiger partial charge on any atom is -0.463 e. The quantitative estimate of drug-likeness (QED) is 0.327. The zero-order valence-electron chi connectivity index (χ0n) is 17.1. The lowest BCUT2D eigenvalue weighted by atomic mass is 9.99. The fourth-order valence-corrected chi connectivity index (χ4v) is 4.09. The maximum Gasteiger partial charge on any atom is 0.303 e. The molecular formula is C21H26O8S. The van der Waals surface area contributed by atoms with Crippen LogP contribution in [-0.4, -0.2) is 61.0 Å². The van der Waals surface area contributed by atoms with Gasteiger partial charge in [0.1, 0.15) is 24.3 Å². The van der Waals surface area contributed by atoms with Gasteiger partial charge in [-0.1, -0.05) is 36.0 Å². The highest BCUT2D eigenvalue weighted by Crippen LogP contribution is 2.37. The van der Waals surface area contributed by atoms with E-state index in [0.29, 0.717) is 0 Å². The Morgan fingerprint density at radius 2 is 1.63 bits per heavy atom. The maximum absolute atomic E-state index is 11.8. The average molecular weight is 438 g/mol. The van der Waals surface area contributed by atoms with Gasteiger partial charge in [-0.05, 0) is 12.1 Å². The highest BCUT2D eigenvalue weighted by molar-refractivity contribution is 7.99. The molecule has 0 spiro atoms. The molecule has 1 aromatic rings. The van der Waals surface area contributed by atoms with E-state index in [1.54, 1.807) is 0 Å². The number of hydrogen-bond acceptors (Lipinski definition) is 9. The fraction of sp³-hybridized carbons (Fsp3) is 0.476. The van der Waals surface area contributed by atoms with Gasteiger partial charge >= 0.3 is 17.9 Å². The Kier molecular flexibility index (Phi) is 9.35. The van der Waals surface area contributed by atoms with Crippen LogP contribution < -0.4 is 0 Å². The molecule has 1 saturated heterocycles. The average Bonchev–Trinajstić information content (AvgIpc) is 2.68. The minimum atomic E-state index is -0.959. The molecule has 2 rings (SSSR count). The van der Waals surface area contributed by atoms with Crippen molar-refractivity contribution in [1.82, 2.24) is 0 Å². The first-order chi connectivity index (χ1) is 14.3. The minimum absolute atomic E-state index is 0.128. The molecule has 1 fully saturated rings. The van der Waals surface area contributed by atoms with Crippen LogP contribution in [0.4, 0.5) is 0 Å². The van der Waals surface area contributed by atoms with Gasteiger partial charge in [-0.15, -0.1) is 6.58 Å². The van der Waals surface area contributed by atoms with E-state index in [4.69, 9.17) is 23.7 Å². The molecule has 1 aliphatic rings. The van der Waals surface area contributed by atoms with E-state index in [0.717, 1.165) is 4.90 Å². The number of ether oxygens (including phenoxy) is 5. The Labute approximate surface area is 179 Å². The molecule has 5 unspecified atom stereocenters. The van der Waals surface area contributed by atoms with Crippen molar-refractivity contribution < 1.29 is 38.1 Å². The number of hydrogen-bond donors (Lipinski definition) is 0. The van der Waals surface area contributed by atoms with Crippen molar-refractivity contribution in [3.63, 3.8) is 0 Å². The van der Waals surface area contributed by atoms with E-state index in [1.807, 2.05) is 30.3 Å². The van der Waals surface area contributed by atoms with E-state index < -0.39 is 47.8 Å². The topological polar surface area (TPSA) is 97.4 Å². The van der Waals surface area contributed by atoms with Gasteiger partial charge in [-0.3, -0.25) is 14.4 Å². The number of thioether (sulfide) groups is 1. The number of esters is 3. The summed E-state index contributed by atoms with van der Waals surface area (Å²) >= 11 is 1.32. The molecule has 30 heavy (non-hydrogen) atoms. The summed E-state index contributed by atoms with van der Waals surface area (Å²) in [6.45, 7) is 7.41. The lowest BCUT2D eigenvalue weighted by molar-refractivity contribution is -0.237. The number of carbonyl (C=O) groups is 3. The van der Waals surface area contributed by atoms with Crippen molar-refractivity contribution in [2.75, 3.05) is 13.2 Å². The van der Waals surface area contributed by atoms with Crippen LogP contribution in [0.15, 0.2) is 47.9 Å². The van der Waals surface area contributed by atoms with Gasteiger partial charge in [0.05, 0.1) is 6.61 Å². The fourth-order valence-electron chi connectivity index (χ4n) is 2.96. The molecule has 0 N–H and O–H groups in total. The summed E-state index contributed by atoms with van der Waals surface area (Å²) in [5.41, 5.74) is -0.696. The van der Waals surface area contributed by atoms with Gasteiger partial charge in [0.2, 0.25) is 0 Å². The van der Waals surface area contributed by atoms with Gasteiger partial charge in [0, 0.05) is 25.7 Å². The van der Waals surface area contributed by atoms with E-state index in [9.17, 15) is 14.4 Å². The summed E-state index contributed by atoms with van der Waals surface area (Å²) in [5.74, 6) is -1.60. The SMILES string of the molecule is C=CCOC1C(OC(C)=O)C(COC(C)=O)OC(Sc2ccccc2)C1OC(C)=O. The van der Waals surface area contributed by atoms with Gasteiger partial charge in [-0.25, -0.2) is 0 Å². The van der Waals surface area contributed by atoms with E-state index in [2.05, 4.69) is 6.58 Å². The Balaban J connectivity index is 2.39. The molecule has 0 saturated carbocycles. The molecule has 5 atom stereocenters. The summed E-state index contributed by atoms with van der Waals surface area (Å²) in [6, 6.07) is 9.40.